The maximum atomic E-state index is 14.6. The van der Waals surface area contributed by atoms with E-state index >= 15 is 0 Å². The Bertz CT molecular complexity index is 1250. The van der Waals surface area contributed by atoms with Gasteiger partial charge in [0.05, 0.1) is 17.0 Å². The minimum absolute atomic E-state index is 0.0712. The minimum Gasteiger partial charge on any atom is -0.346 e. The largest absolute Gasteiger partial charge is 0.346 e. The zero-order chi connectivity index (χ0) is 36.2. The van der Waals surface area contributed by atoms with Crippen molar-refractivity contribution in [3.63, 3.8) is 0 Å². The number of likely N-dealkylation sites (N-methyl/N-ethyl adjacent to an activating group) is 1. The van der Waals surface area contributed by atoms with E-state index in [1.54, 1.807) is 22.5 Å². The molecule has 2 aliphatic carbocycles. The Labute approximate surface area is 289 Å². The van der Waals surface area contributed by atoms with Crippen LogP contribution in [0.1, 0.15) is 93.4 Å². The molecule has 0 radical (unpaired) electrons. The highest BCUT2D eigenvalue weighted by atomic mass is 32.2. The predicted octanol–water partition coefficient (Wildman–Crippen LogP) is 2.90. The number of hydrogen-bond donors (Lipinski definition) is 4. The molecule has 4 N–H and O–H groups in total. The van der Waals surface area contributed by atoms with Crippen molar-refractivity contribution in [1.82, 2.24) is 30.5 Å². The molecule has 5 amide bonds. The molecule has 1 heterocycles. The number of ketones is 1. The normalized spacial score (nSPS) is 23.9. The van der Waals surface area contributed by atoms with Gasteiger partial charge in [0, 0.05) is 31.9 Å². The Hall–Kier alpha value is -2.80. The molecule has 0 aromatic rings. The Morgan fingerprint density at radius 3 is 2.19 bits per heavy atom. The van der Waals surface area contributed by atoms with E-state index in [2.05, 4.69) is 27.8 Å². The Kier molecular flexibility index (Phi) is 13.1. The number of amides is 5. The molecule has 48 heavy (non-hydrogen) atoms. The van der Waals surface area contributed by atoms with Crippen molar-refractivity contribution in [1.29, 1.82) is 0 Å². The van der Waals surface area contributed by atoms with Crippen molar-refractivity contribution in [2.24, 2.45) is 28.1 Å². The molecule has 3 fully saturated rings. The van der Waals surface area contributed by atoms with Crippen molar-refractivity contribution in [3.8, 4) is 0 Å². The summed E-state index contributed by atoms with van der Waals surface area (Å²) < 4.78 is 13.7. The summed E-state index contributed by atoms with van der Waals surface area (Å²) in [5.41, 5.74) is -0.936. The van der Waals surface area contributed by atoms with Crippen molar-refractivity contribution >= 4 is 40.5 Å². The summed E-state index contributed by atoms with van der Waals surface area (Å²) in [5, 5.41) is 11.4. The van der Waals surface area contributed by atoms with Gasteiger partial charge in [-0.2, -0.15) is 0 Å². The first-order valence-electron chi connectivity index (χ1n) is 17.4. The second kappa shape index (κ2) is 15.8. The lowest BCUT2D eigenvalue weighted by Gasteiger charge is -2.38. The molecule has 272 valence electrons. The first-order chi connectivity index (χ1) is 22.3. The van der Waals surface area contributed by atoms with Crippen molar-refractivity contribution in [2.45, 2.75) is 118 Å². The summed E-state index contributed by atoms with van der Waals surface area (Å²) in [6.07, 6.45) is 8.73. The van der Waals surface area contributed by atoms with Crippen LogP contribution < -0.4 is 21.3 Å². The van der Waals surface area contributed by atoms with Gasteiger partial charge >= 0.3 is 6.03 Å². The molecule has 2 unspecified atom stereocenters. The topological polar surface area (TPSA) is 157 Å². The maximum absolute atomic E-state index is 14.6. The number of nitrogens with one attached hydrogen (secondary N) is 4. The zero-order valence-electron chi connectivity index (χ0n) is 30.6. The molecule has 12 nitrogen and oxygen atoms in total. The molecule has 2 saturated carbocycles. The van der Waals surface area contributed by atoms with Gasteiger partial charge in [0.2, 0.25) is 17.6 Å². The number of unbranched alkanes of at least 4 members (excludes halogenated alkanes) is 1. The lowest BCUT2D eigenvalue weighted by atomic mass is 9.85. The molecule has 13 heteroatoms. The molecular formula is C35H60N6O6S. The van der Waals surface area contributed by atoms with Crippen LogP contribution in [0.5, 0.6) is 0 Å². The highest BCUT2D eigenvalue weighted by molar-refractivity contribution is 7.81. The summed E-state index contributed by atoms with van der Waals surface area (Å²) in [4.78, 5) is 69.8. The van der Waals surface area contributed by atoms with Gasteiger partial charge in [0.1, 0.15) is 12.1 Å². The maximum Gasteiger partial charge on any atom is 0.315 e. The fourth-order valence-electron chi connectivity index (χ4n) is 7.29. The summed E-state index contributed by atoms with van der Waals surface area (Å²) in [7, 11) is 0.503. The van der Waals surface area contributed by atoms with E-state index < -0.39 is 58.2 Å². The minimum atomic E-state index is -1.23. The molecule has 0 bridgehead atoms. The molecule has 0 aromatic heterocycles. The van der Waals surface area contributed by atoms with Gasteiger partial charge in [-0.1, -0.05) is 67.4 Å². The lowest BCUT2D eigenvalue weighted by molar-refractivity contribution is -0.144. The van der Waals surface area contributed by atoms with Crippen LogP contribution in [0.4, 0.5) is 4.79 Å². The van der Waals surface area contributed by atoms with Gasteiger partial charge in [-0.05, 0) is 67.2 Å². The third-order valence-corrected chi connectivity index (χ3v) is 11.6. The van der Waals surface area contributed by atoms with Crippen molar-refractivity contribution in [3.05, 3.63) is 12.7 Å². The fraction of sp³-hybridized carbons (Fsp3) is 0.800. The monoisotopic (exact) mass is 692 g/mol. The molecule has 1 saturated heterocycles. The molecule has 3 aliphatic rings. The van der Waals surface area contributed by atoms with E-state index in [9.17, 15) is 28.2 Å². The summed E-state index contributed by atoms with van der Waals surface area (Å²) >= 11 is 0. The Morgan fingerprint density at radius 2 is 1.67 bits per heavy atom. The third-order valence-electron chi connectivity index (χ3n) is 10.6. The van der Waals surface area contributed by atoms with Gasteiger partial charge in [-0.3, -0.25) is 19.2 Å². The summed E-state index contributed by atoms with van der Waals surface area (Å²) in [6.45, 7) is 18.0. The van der Waals surface area contributed by atoms with E-state index in [-0.39, 0.29) is 41.2 Å². The number of urea groups is 1. The third kappa shape index (κ3) is 9.46. The number of Topliss-reactive ketones (excluding diaryl/α,β-unsaturated/α-hetero) is 1. The average Bonchev–Trinajstić information content (AvgIpc) is 3.56. The molecule has 1 spiro atoms. The lowest BCUT2D eigenvalue weighted by Crippen LogP contribution is -2.62. The van der Waals surface area contributed by atoms with Crippen molar-refractivity contribution < 1.29 is 28.2 Å². The number of fused-ring (bicyclic) bond motifs is 2. The highest BCUT2D eigenvalue weighted by Crippen LogP contribution is 2.66. The Morgan fingerprint density at radius 1 is 1.02 bits per heavy atom. The number of hydrogen-bond acceptors (Lipinski definition) is 6. The molecule has 0 aromatic carbocycles. The second-order valence-corrected chi connectivity index (χ2v) is 17.7. The van der Waals surface area contributed by atoms with Crippen LogP contribution in [0, 0.1) is 28.1 Å². The van der Waals surface area contributed by atoms with E-state index in [4.69, 9.17) is 0 Å². The van der Waals surface area contributed by atoms with Gasteiger partial charge in [0.15, 0.2) is 0 Å². The predicted molar refractivity (Wildman–Crippen MR) is 188 cm³/mol. The van der Waals surface area contributed by atoms with Crippen LogP contribution in [0.15, 0.2) is 12.7 Å². The smallest absolute Gasteiger partial charge is 0.315 e. The first-order valence-corrected chi connectivity index (χ1v) is 18.9. The van der Waals surface area contributed by atoms with Gasteiger partial charge in [0.25, 0.3) is 5.91 Å². The Balaban J connectivity index is 1.88. The number of carbonyl (C=O) groups excluding carboxylic acids is 5. The molecular weight excluding hydrogens is 632 g/mol. The van der Waals surface area contributed by atoms with Crippen molar-refractivity contribution in [2.75, 3.05) is 32.9 Å². The number of carbonyl (C=O) groups is 5. The first kappa shape index (κ1) is 39.6. The number of likely N-dealkylation sites (tertiary alicyclic amines) is 1. The fourth-order valence-corrected chi connectivity index (χ4v) is 7.65. The van der Waals surface area contributed by atoms with Crippen LogP contribution in [-0.2, 0) is 30.2 Å². The summed E-state index contributed by atoms with van der Waals surface area (Å²) in [6, 6.07) is -3.68. The zero-order valence-corrected chi connectivity index (χ0v) is 31.4. The van der Waals surface area contributed by atoms with Gasteiger partial charge in [-0.15, -0.1) is 6.58 Å². The standard InChI is InChI=1S/C35H60N6O6S/c1-11-13-14-24(27(42)30(44)36-19-12-2)37-29(43)26-22-15-16-35(17-18-35)23(22)20-41(26)31(45)28(34(6,7)8)39-32(46)38-25(33(3,4)5)21-40(9)48(10)47/h12,22-26,28H,2,11,13-21H2,1,3-10H3,(H,36,44)(H,37,43)(H2,38,39,46)/t22-,23-,24?,25+,26-,28+,48?/m0/s1. The van der Waals surface area contributed by atoms with Crippen LogP contribution >= 0.6 is 0 Å². The second-order valence-electron chi connectivity index (χ2n) is 16.2. The molecule has 7 atom stereocenters. The van der Waals surface area contributed by atoms with Crippen LogP contribution in [0.2, 0.25) is 0 Å². The van der Waals surface area contributed by atoms with Crippen LogP contribution in [0.25, 0.3) is 0 Å². The molecule has 3 rings (SSSR count). The van der Waals surface area contributed by atoms with Crippen LogP contribution in [0.3, 0.4) is 0 Å². The molecule has 1 aliphatic heterocycles. The van der Waals surface area contributed by atoms with E-state index in [0.29, 0.717) is 25.9 Å². The van der Waals surface area contributed by atoms with Crippen LogP contribution in [-0.4, -0.2) is 100 Å². The van der Waals surface area contributed by atoms with E-state index in [0.717, 1.165) is 32.1 Å². The summed E-state index contributed by atoms with van der Waals surface area (Å²) in [5.74, 6) is -2.18. The average molecular weight is 693 g/mol. The van der Waals surface area contributed by atoms with Gasteiger partial charge < -0.3 is 26.2 Å². The van der Waals surface area contributed by atoms with E-state index in [1.807, 2.05) is 48.5 Å². The quantitative estimate of drug-likeness (QED) is 0.153. The SMILES string of the molecule is C=CCNC(=O)C(=O)C(CCCC)NC(=O)[C@@H]1[C@H]2CCC3(CC3)[C@H]2CN1C(=O)[C@@H](NC(=O)N[C@H](CN(C)S(C)=O)C(C)(C)C)C(C)(C)C. The number of rotatable bonds is 15. The van der Waals surface area contributed by atoms with E-state index in [1.165, 1.54) is 6.08 Å². The van der Waals surface area contributed by atoms with Gasteiger partial charge in [-0.25, -0.2) is 13.3 Å². The highest BCUT2D eigenvalue weighted by Gasteiger charge is 2.64. The number of nitrogens with zero attached hydrogens (tertiary/aromatic N) is 2.